The summed E-state index contributed by atoms with van der Waals surface area (Å²) in [5.74, 6) is 0.346. The molecule has 6 unspecified atom stereocenters. The van der Waals surface area contributed by atoms with Crippen LogP contribution in [-0.4, -0.2) is 145 Å². The quantitative estimate of drug-likeness (QED) is 0.167. The number of rotatable bonds is 15. The van der Waals surface area contributed by atoms with E-state index >= 15 is 0 Å². The number of aliphatic hydroxyl groups is 2. The van der Waals surface area contributed by atoms with Crippen LogP contribution in [0.3, 0.4) is 0 Å². The number of ether oxygens (including phenoxy) is 1. The third kappa shape index (κ3) is 8.81. The molecule has 0 aromatic carbocycles. The summed E-state index contributed by atoms with van der Waals surface area (Å²) in [6.45, 7) is 9.58. The lowest BCUT2D eigenvalue weighted by Crippen LogP contribution is -2.62. The molecule has 6 fully saturated rings. The largest absolute Gasteiger partial charge is 0.480 e. The Bertz CT molecular complexity index is 1240. The molecule has 52 heavy (non-hydrogen) atoms. The molecule has 298 valence electrons. The first kappa shape index (κ1) is 41.3. The first-order valence-electron chi connectivity index (χ1n) is 20.0. The topological polar surface area (TPSA) is 164 Å². The maximum Gasteiger partial charge on any atom is 0.317 e. The second-order valence-electron chi connectivity index (χ2n) is 18.0. The zero-order valence-corrected chi connectivity index (χ0v) is 33.0. The Balaban J connectivity index is 1.28. The van der Waals surface area contributed by atoms with E-state index in [0.717, 1.165) is 44.9 Å². The highest BCUT2D eigenvalue weighted by atomic mass is 16.7. The highest BCUT2D eigenvalue weighted by Gasteiger charge is 2.58. The minimum absolute atomic E-state index is 0.0216. The van der Waals surface area contributed by atoms with E-state index in [9.17, 15) is 24.6 Å². The Labute approximate surface area is 311 Å². The molecule has 6 rings (SSSR count). The van der Waals surface area contributed by atoms with E-state index in [2.05, 4.69) is 50.4 Å². The molecule has 0 spiro atoms. The highest BCUT2D eigenvalue weighted by molar-refractivity contribution is 5.83. The lowest BCUT2D eigenvalue weighted by Gasteiger charge is -2.62. The molecule has 2 amide bonds. The summed E-state index contributed by atoms with van der Waals surface area (Å²) < 4.78 is 6.34. The summed E-state index contributed by atoms with van der Waals surface area (Å²) >= 11 is 0. The van der Waals surface area contributed by atoms with E-state index in [-0.39, 0.29) is 66.8 Å². The van der Waals surface area contributed by atoms with Gasteiger partial charge in [0.15, 0.2) is 0 Å². The number of carbonyl (C=O) groups excluding carboxylic acids is 2. The third-order valence-corrected chi connectivity index (χ3v) is 14.4. The van der Waals surface area contributed by atoms with Crippen molar-refractivity contribution in [3.63, 3.8) is 0 Å². The molecule has 5 saturated carbocycles. The molecular weight excluding hydrogens is 666 g/mol. The van der Waals surface area contributed by atoms with Gasteiger partial charge in [-0.15, -0.1) is 0 Å². The van der Waals surface area contributed by atoms with Crippen molar-refractivity contribution >= 4 is 17.8 Å². The van der Waals surface area contributed by atoms with Crippen LogP contribution in [0, 0.1) is 52.8 Å². The maximum absolute atomic E-state index is 14.3. The molecular formula is C39H69N5O8. The van der Waals surface area contributed by atoms with E-state index < -0.39 is 30.1 Å². The van der Waals surface area contributed by atoms with Gasteiger partial charge in [0, 0.05) is 56.6 Å². The number of hydrogen-bond donors (Lipinski definition) is 5. The number of carboxylic acid groups (broad SMARTS) is 1. The lowest BCUT2D eigenvalue weighted by molar-refractivity contribution is -0.193. The summed E-state index contributed by atoms with van der Waals surface area (Å²) in [5.41, 5.74) is 0.301. The molecule has 14 atom stereocenters. The van der Waals surface area contributed by atoms with Gasteiger partial charge in [-0.2, -0.15) is 5.06 Å². The van der Waals surface area contributed by atoms with Crippen LogP contribution in [-0.2, 0) is 24.0 Å². The van der Waals surface area contributed by atoms with Crippen LogP contribution < -0.4 is 10.6 Å². The van der Waals surface area contributed by atoms with Crippen molar-refractivity contribution in [3.8, 4) is 0 Å². The summed E-state index contributed by atoms with van der Waals surface area (Å²) in [6, 6.07) is -0.414. The molecule has 0 aromatic heterocycles. The van der Waals surface area contributed by atoms with Crippen molar-refractivity contribution in [2.24, 2.45) is 52.8 Å². The first-order chi connectivity index (χ1) is 24.6. The number of carboxylic acids is 1. The molecule has 5 aliphatic carbocycles. The Kier molecular flexibility index (Phi) is 13.7. The predicted octanol–water partition coefficient (Wildman–Crippen LogP) is 2.06. The van der Waals surface area contributed by atoms with Crippen molar-refractivity contribution in [1.29, 1.82) is 0 Å². The van der Waals surface area contributed by atoms with Gasteiger partial charge in [-0.25, -0.2) is 0 Å². The molecule has 1 saturated heterocycles. The van der Waals surface area contributed by atoms with Gasteiger partial charge in [-0.05, 0) is 108 Å². The number of amides is 2. The van der Waals surface area contributed by atoms with Gasteiger partial charge in [-0.3, -0.25) is 24.1 Å². The monoisotopic (exact) mass is 736 g/mol. The second kappa shape index (κ2) is 17.3. The van der Waals surface area contributed by atoms with Gasteiger partial charge in [0.2, 0.25) is 11.8 Å². The molecule has 6 aliphatic rings. The molecule has 2 bridgehead atoms. The Morgan fingerprint density at radius 1 is 1.06 bits per heavy atom. The molecule has 1 heterocycles. The summed E-state index contributed by atoms with van der Waals surface area (Å²) in [6.07, 6.45) is 5.93. The minimum atomic E-state index is -0.892. The van der Waals surface area contributed by atoms with Gasteiger partial charge in [0.25, 0.3) is 0 Å². The predicted molar refractivity (Wildman–Crippen MR) is 197 cm³/mol. The van der Waals surface area contributed by atoms with Crippen molar-refractivity contribution in [2.45, 2.75) is 115 Å². The van der Waals surface area contributed by atoms with Gasteiger partial charge in [-0.1, -0.05) is 27.2 Å². The first-order valence-corrected chi connectivity index (χ1v) is 20.0. The van der Waals surface area contributed by atoms with Crippen molar-refractivity contribution in [3.05, 3.63) is 0 Å². The number of methoxy groups -OCH3 is 1. The molecule has 13 heteroatoms. The van der Waals surface area contributed by atoms with Gasteiger partial charge < -0.3 is 35.6 Å². The molecule has 0 aromatic rings. The van der Waals surface area contributed by atoms with Gasteiger partial charge in [0.1, 0.15) is 12.1 Å². The van der Waals surface area contributed by atoms with E-state index in [1.165, 1.54) is 6.42 Å². The average Bonchev–Trinajstić information content (AvgIpc) is 3.46. The van der Waals surface area contributed by atoms with E-state index in [1.807, 2.05) is 0 Å². The number of nitrogens with zero attached hydrogens (tertiary/aromatic N) is 3. The van der Waals surface area contributed by atoms with E-state index in [0.29, 0.717) is 42.8 Å². The zero-order chi connectivity index (χ0) is 38.1. The fourth-order valence-electron chi connectivity index (χ4n) is 11.2. The number of aliphatic carboxylic acids is 1. The van der Waals surface area contributed by atoms with Crippen LogP contribution in [0.25, 0.3) is 0 Å². The Morgan fingerprint density at radius 3 is 2.38 bits per heavy atom. The number of aliphatic hydroxyl groups excluding tert-OH is 2. The second-order valence-corrected chi connectivity index (χ2v) is 18.0. The number of nitrogens with one attached hydrogen (secondary N) is 2. The van der Waals surface area contributed by atoms with Crippen LogP contribution in [0.1, 0.15) is 79.1 Å². The fourth-order valence-corrected chi connectivity index (χ4v) is 11.2. The fraction of sp³-hybridized carbons (Fsp3) is 0.923. The van der Waals surface area contributed by atoms with Crippen LogP contribution in [0.15, 0.2) is 0 Å². The average molecular weight is 736 g/mol. The van der Waals surface area contributed by atoms with Gasteiger partial charge in [0.05, 0.1) is 25.4 Å². The number of fused-ring (bicyclic) bond motifs is 2. The third-order valence-electron chi connectivity index (χ3n) is 14.4. The SMILES string of the molecule is COC1C(CN2O[C@@H](CO)[C@@H]([C@H](C)O)[C@H]2C(=O)N[C@H]2C[C@H]3C[C@@H]([C@@H]2C)C3(C)C)CCCC1C1CC(C(=O)NCCN(C)CC(=O)O)CC(N(C)C)C1. The van der Waals surface area contributed by atoms with Gasteiger partial charge >= 0.3 is 5.97 Å². The molecule has 1 aliphatic heterocycles. The Hall–Kier alpha value is -1.87. The van der Waals surface area contributed by atoms with Crippen LogP contribution >= 0.6 is 0 Å². The number of hydrogen-bond acceptors (Lipinski definition) is 10. The highest BCUT2D eigenvalue weighted by Crippen LogP contribution is 2.61. The van der Waals surface area contributed by atoms with Crippen LogP contribution in [0.2, 0.25) is 0 Å². The van der Waals surface area contributed by atoms with Crippen molar-refractivity contribution < 1.29 is 39.3 Å². The number of likely N-dealkylation sites (N-methyl/N-ethyl adjacent to an activating group) is 1. The molecule has 0 radical (unpaired) electrons. The molecule has 13 nitrogen and oxygen atoms in total. The zero-order valence-electron chi connectivity index (χ0n) is 33.0. The molecule has 5 N–H and O–H groups in total. The minimum Gasteiger partial charge on any atom is -0.480 e. The number of hydroxylamine groups is 2. The van der Waals surface area contributed by atoms with E-state index in [4.69, 9.17) is 14.7 Å². The van der Waals surface area contributed by atoms with Crippen molar-refractivity contribution in [2.75, 3.05) is 61.0 Å². The summed E-state index contributed by atoms with van der Waals surface area (Å²) in [4.78, 5) is 49.1. The maximum atomic E-state index is 14.3. The van der Waals surface area contributed by atoms with Crippen molar-refractivity contribution in [1.82, 2.24) is 25.5 Å². The summed E-state index contributed by atoms with van der Waals surface area (Å²) in [5, 5.41) is 38.6. The van der Waals surface area contributed by atoms with E-state index in [1.54, 1.807) is 31.0 Å². The standard InChI is InChI=1S/C39H69N5O8/c1-22-30-17-27(39(30,3)4)18-31(22)41-38(50)35-34(23(2)46)32(21-45)52-44(35)19-24-10-9-11-29(36(24)51-8)25-14-26(16-28(15-25)42(5)6)37(49)40-12-13-43(7)20-33(47)48/h22-32,34-36,45-46H,9-21H2,1-8H3,(H,40,49)(H,41,50)(H,47,48)/t22-,23-,24?,25?,26?,27+,28?,29?,30-,31-,32-,34+,35-,36?/m0/s1. The number of carbonyl (C=O) groups is 3. The van der Waals surface area contributed by atoms with Crippen LogP contribution in [0.5, 0.6) is 0 Å². The normalized spacial score (nSPS) is 39.6. The van der Waals surface area contributed by atoms with Crippen LogP contribution in [0.4, 0.5) is 0 Å². The smallest absolute Gasteiger partial charge is 0.317 e. The lowest BCUT2D eigenvalue weighted by atomic mass is 9.45. The Morgan fingerprint density at radius 2 is 1.79 bits per heavy atom. The summed E-state index contributed by atoms with van der Waals surface area (Å²) in [7, 11) is 7.65.